The molecule has 3 heteroatoms. The van der Waals surface area contributed by atoms with Crippen LogP contribution in [0.2, 0.25) is 5.02 Å². The third-order valence-electron chi connectivity index (χ3n) is 3.94. The van der Waals surface area contributed by atoms with E-state index in [4.69, 9.17) is 11.6 Å². The van der Waals surface area contributed by atoms with Gasteiger partial charge in [-0.1, -0.05) is 18.5 Å². The van der Waals surface area contributed by atoms with Crippen molar-refractivity contribution >= 4 is 17.3 Å². The van der Waals surface area contributed by atoms with Gasteiger partial charge >= 0.3 is 0 Å². The zero-order valence-corrected chi connectivity index (χ0v) is 12.3. The van der Waals surface area contributed by atoms with Crippen molar-refractivity contribution < 1.29 is 0 Å². The molecule has 2 atom stereocenters. The molecule has 0 aromatic heterocycles. The third kappa shape index (κ3) is 2.65. The highest BCUT2D eigenvalue weighted by atomic mass is 35.5. The van der Waals surface area contributed by atoms with Gasteiger partial charge in [0.2, 0.25) is 0 Å². The van der Waals surface area contributed by atoms with Crippen molar-refractivity contribution in [3.05, 3.63) is 28.8 Å². The summed E-state index contributed by atoms with van der Waals surface area (Å²) in [6, 6.07) is 7.59. The first-order valence-corrected chi connectivity index (χ1v) is 7.26. The van der Waals surface area contributed by atoms with Gasteiger partial charge in [-0.2, -0.15) is 0 Å². The predicted octanol–water partition coefficient (Wildman–Crippen LogP) is 3.83. The fraction of sp³-hybridized carbons (Fsp3) is 0.600. The van der Waals surface area contributed by atoms with E-state index in [2.05, 4.69) is 36.2 Å². The Morgan fingerprint density at radius 1 is 1.39 bits per heavy atom. The van der Waals surface area contributed by atoms with E-state index in [1.807, 2.05) is 13.1 Å². The van der Waals surface area contributed by atoms with Gasteiger partial charge in [0.15, 0.2) is 0 Å². The molecule has 0 spiro atoms. The molecule has 1 aromatic carbocycles. The number of nitrogens with one attached hydrogen (secondary N) is 1. The molecular formula is C15H23ClN2. The fourth-order valence-corrected chi connectivity index (χ4v) is 3.24. The minimum Gasteiger partial charge on any atom is -0.366 e. The van der Waals surface area contributed by atoms with Crippen LogP contribution in [0.15, 0.2) is 18.2 Å². The van der Waals surface area contributed by atoms with Crippen LogP contribution in [-0.4, -0.2) is 19.1 Å². The number of halogens is 1. The smallest absolute Gasteiger partial charge is 0.0417 e. The summed E-state index contributed by atoms with van der Waals surface area (Å²) in [5.41, 5.74) is 2.66. The van der Waals surface area contributed by atoms with Crippen molar-refractivity contribution in [2.24, 2.45) is 0 Å². The molecule has 2 unspecified atom stereocenters. The molecular weight excluding hydrogens is 244 g/mol. The standard InChI is InChI=1S/C15H23ClN2/c1-4-14-7-5-11(2)18(14)15-8-6-13(16)9-12(15)10-17-3/h6,8-9,11,14,17H,4-5,7,10H2,1-3H3. The van der Waals surface area contributed by atoms with Crippen LogP contribution >= 0.6 is 11.6 Å². The largest absolute Gasteiger partial charge is 0.366 e. The first-order chi connectivity index (χ1) is 8.67. The zero-order chi connectivity index (χ0) is 13.1. The number of anilines is 1. The molecule has 1 fully saturated rings. The Morgan fingerprint density at radius 2 is 2.17 bits per heavy atom. The Morgan fingerprint density at radius 3 is 2.83 bits per heavy atom. The molecule has 1 aromatic rings. The van der Waals surface area contributed by atoms with E-state index in [0.717, 1.165) is 11.6 Å². The van der Waals surface area contributed by atoms with Gasteiger partial charge in [0.1, 0.15) is 0 Å². The van der Waals surface area contributed by atoms with E-state index in [-0.39, 0.29) is 0 Å². The van der Waals surface area contributed by atoms with Crippen molar-refractivity contribution in [2.45, 2.75) is 51.7 Å². The molecule has 0 radical (unpaired) electrons. The summed E-state index contributed by atoms with van der Waals surface area (Å²) in [6.45, 7) is 5.48. The fourth-order valence-electron chi connectivity index (χ4n) is 3.04. The molecule has 0 bridgehead atoms. The first kappa shape index (κ1) is 13.7. The lowest BCUT2D eigenvalue weighted by atomic mass is 10.1. The summed E-state index contributed by atoms with van der Waals surface area (Å²) >= 11 is 6.12. The highest BCUT2D eigenvalue weighted by molar-refractivity contribution is 6.30. The Hall–Kier alpha value is -0.730. The highest BCUT2D eigenvalue weighted by Gasteiger charge is 2.30. The van der Waals surface area contributed by atoms with Crippen molar-refractivity contribution in [1.29, 1.82) is 0 Å². The van der Waals surface area contributed by atoms with E-state index >= 15 is 0 Å². The minimum absolute atomic E-state index is 0.631. The van der Waals surface area contributed by atoms with Gasteiger partial charge in [-0.25, -0.2) is 0 Å². The summed E-state index contributed by atoms with van der Waals surface area (Å²) in [6.07, 6.45) is 3.81. The quantitative estimate of drug-likeness (QED) is 0.891. The van der Waals surface area contributed by atoms with E-state index < -0.39 is 0 Å². The second kappa shape index (κ2) is 5.94. The molecule has 0 aliphatic carbocycles. The van der Waals surface area contributed by atoms with Crippen molar-refractivity contribution in [2.75, 3.05) is 11.9 Å². The van der Waals surface area contributed by atoms with Crippen LogP contribution in [0, 0.1) is 0 Å². The van der Waals surface area contributed by atoms with Gasteiger partial charge in [-0.3, -0.25) is 0 Å². The lowest BCUT2D eigenvalue weighted by Crippen LogP contribution is -2.35. The molecule has 2 rings (SSSR count). The summed E-state index contributed by atoms with van der Waals surface area (Å²) < 4.78 is 0. The average molecular weight is 267 g/mol. The summed E-state index contributed by atoms with van der Waals surface area (Å²) in [4.78, 5) is 2.59. The Bertz CT molecular complexity index is 405. The number of nitrogens with zero attached hydrogens (tertiary/aromatic N) is 1. The van der Waals surface area contributed by atoms with Crippen LogP contribution < -0.4 is 10.2 Å². The summed E-state index contributed by atoms with van der Waals surface area (Å²) in [7, 11) is 1.98. The Kier molecular flexibility index (Phi) is 4.52. The molecule has 18 heavy (non-hydrogen) atoms. The van der Waals surface area contributed by atoms with E-state index in [1.165, 1.54) is 30.5 Å². The molecule has 1 aliphatic heterocycles. The molecule has 0 amide bonds. The Balaban J connectivity index is 2.36. The van der Waals surface area contributed by atoms with Crippen LogP contribution in [0.25, 0.3) is 0 Å². The summed E-state index contributed by atoms with van der Waals surface area (Å²) in [5.74, 6) is 0. The maximum absolute atomic E-state index is 6.12. The van der Waals surface area contributed by atoms with Gasteiger partial charge in [0.05, 0.1) is 0 Å². The maximum Gasteiger partial charge on any atom is 0.0417 e. The van der Waals surface area contributed by atoms with Crippen molar-refractivity contribution in [1.82, 2.24) is 5.32 Å². The first-order valence-electron chi connectivity index (χ1n) is 6.88. The van der Waals surface area contributed by atoms with Gasteiger partial charge in [-0.05, 0) is 57.0 Å². The number of hydrogen-bond acceptors (Lipinski definition) is 2. The van der Waals surface area contributed by atoms with Gasteiger partial charge < -0.3 is 10.2 Å². The third-order valence-corrected chi connectivity index (χ3v) is 4.18. The Labute approximate surface area is 115 Å². The topological polar surface area (TPSA) is 15.3 Å². The molecule has 1 N–H and O–H groups in total. The van der Waals surface area contributed by atoms with Crippen LogP contribution in [0.4, 0.5) is 5.69 Å². The number of rotatable bonds is 4. The van der Waals surface area contributed by atoms with Crippen LogP contribution in [0.5, 0.6) is 0 Å². The number of hydrogen-bond donors (Lipinski definition) is 1. The molecule has 1 heterocycles. The summed E-state index contributed by atoms with van der Waals surface area (Å²) in [5, 5.41) is 4.06. The molecule has 1 saturated heterocycles. The maximum atomic E-state index is 6.12. The van der Waals surface area contributed by atoms with Crippen LogP contribution in [0.3, 0.4) is 0 Å². The minimum atomic E-state index is 0.631. The van der Waals surface area contributed by atoms with E-state index in [9.17, 15) is 0 Å². The van der Waals surface area contributed by atoms with Gasteiger partial charge in [-0.15, -0.1) is 0 Å². The van der Waals surface area contributed by atoms with Crippen molar-refractivity contribution in [3.63, 3.8) is 0 Å². The van der Waals surface area contributed by atoms with E-state index in [0.29, 0.717) is 12.1 Å². The van der Waals surface area contributed by atoms with Crippen LogP contribution in [-0.2, 0) is 6.54 Å². The molecule has 1 aliphatic rings. The SMILES string of the molecule is CCC1CCC(C)N1c1ccc(Cl)cc1CNC. The molecule has 2 nitrogen and oxygen atoms in total. The lowest BCUT2D eigenvalue weighted by molar-refractivity contribution is 0.623. The second-order valence-electron chi connectivity index (χ2n) is 5.20. The molecule has 100 valence electrons. The molecule has 0 saturated carbocycles. The average Bonchev–Trinajstić information content (AvgIpc) is 2.71. The van der Waals surface area contributed by atoms with Gasteiger partial charge in [0.25, 0.3) is 0 Å². The normalized spacial score (nSPS) is 23.7. The number of benzene rings is 1. The van der Waals surface area contributed by atoms with Crippen molar-refractivity contribution in [3.8, 4) is 0 Å². The van der Waals surface area contributed by atoms with Gasteiger partial charge in [0, 0.05) is 29.3 Å². The monoisotopic (exact) mass is 266 g/mol. The predicted molar refractivity (Wildman–Crippen MR) is 79.5 cm³/mol. The van der Waals surface area contributed by atoms with Crippen LogP contribution in [0.1, 0.15) is 38.7 Å². The zero-order valence-electron chi connectivity index (χ0n) is 11.5. The van der Waals surface area contributed by atoms with E-state index in [1.54, 1.807) is 0 Å². The highest BCUT2D eigenvalue weighted by Crippen LogP contribution is 2.35. The lowest BCUT2D eigenvalue weighted by Gasteiger charge is -2.32. The second-order valence-corrected chi connectivity index (χ2v) is 5.64.